The van der Waals surface area contributed by atoms with Gasteiger partial charge < -0.3 is 4.74 Å². The molecule has 0 fully saturated rings. The molecule has 0 saturated heterocycles. The van der Waals surface area contributed by atoms with Gasteiger partial charge in [-0.1, -0.05) is 30.3 Å². The third-order valence-electron chi connectivity index (χ3n) is 3.18. The van der Waals surface area contributed by atoms with Gasteiger partial charge in [0.1, 0.15) is 18.4 Å². The molecule has 2 aromatic carbocycles. The average Bonchev–Trinajstić information content (AvgIpc) is 2.70. The van der Waals surface area contributed by atoms with Gasteiger partial charge in [-0.2, -0.15) is 0 Å². The van der Waals surface area contributed by atoms with Crippen LogP contribution in [0.4, 0.5) is 5.69 Å². The van der Waals surface area contributed by atoms with Gasteiger partial charge >= 0.3 is 0 Å². The fraction of sp³-hybridized carbons (Fsp3) is 0.133. The highest BCUT2D eigenvalue weighted by atomic mass is 16.6. The molecule has 0 spiro atoms. The Balaban J connectivity index is 1.92. The summed E-state index contributed by atoms with van der Waals surface area (Å²) in [6.07, 6.45) is 1.65. The topological polar surface area (TPSA) is 64.7 Å². The standard InChI is InChI=1S/C15H12N2O3/c18-17(19)13-6-7-15-12(8-13)9-16-14(10-20-15)11-4-2-1-3-5-11/h1-9,14H,10H2/t14-/m1/s1. The predicted molar refractivity (Wildman–Crippen MR) is 75.4 cm³/mol. The molecule has 1 heterocycles. The number of fused-ring (bicyclic) bond motifs is 1. The number of hydrogen-bond donors (Lipinski definition) is 0. The molecular weight excluding hydrogens is 256 g/mol. The molecule has 0 amide bonds. The molecule has 1 atom stereocenters. The molecule has 0 bridgehead atoms. The normalized spacial score (nSPS) is 16.9. The van der Waals surface area contributed by atoms with Crippen molar-refractivity contribution in [3.8, 4) is 5.75 Å². The van der Waals surface area contributed by atoms with Crippen LogP contribution in [-0.4, -0.2) is 17.7 Å². The molecule has 100 valence electrons. The van der Waals surface area contributed by atoms with Crippen molar-refractivity contribution in [2.24, 2.45) is 4.99 Å². The van der Waals surface area contributed by atoms with E-state index < -0.39 is 4.92 Å². The maximum absolute atomic E-state index is 10.8. The first-order valence-electron chi connectivity index (χ1n) is 6.23. The van der Waals surface area contributed by atoms with E-state index in [0.29, 0.717) is 17.9 Å². The molecule has 5 nitrogen and oxygen atoms in total. The van der Waals surface area contributed by atoms with Crippen LogP contribution in [0.25, 0.3) is 0 Å². The maximum Gasteiger partial charge on any atom is 0.270 e. The summed E-state index contributed by atoms with van der Waals surface area (Å²) in [6, 6.07) is 14.3. The van der Waals surface area contributed by atoms with E-state index in [9.17, 15) is 10.1 Å². The first-order valence-corrected chi connectivity index (χ1v) is 6.23. The molecule has 20 heavy (non-hydrogen) atoms. The number of nitrogens with zero attached hydrogens (tertiary/aromatic N) is 2. The number of nitro groups is 1. The molecule has 5 heteroatoms. The summed E-state index contributed by atoms with van der Waals surface area (Å²) in [4.78, 5) is 14.8. The van der Waals surface area contributed by atoms with Gasteiger partial charge in [-0.3, -0.25) is 15.1 Å². The van der Waals surface area contributed by atoms with Crippen LogP contribution >= 0.6 is 0 Å². The largest absolute Gasteiger partial charge is 0.490 e. The first kappa shape index (κ1) is 12.3. The Bertz CT molecular complexity index is 668. The third kappa shape index (κ3) is 2.38. The quantitative estimate of drug-likeness (QED) is 0.620. The van der Waals surface area contributed by atoms with Crippen LogP contribution in [0, 0.1) is 10.1 Å². The summed E-state index contributed by atoms with van der Waals surface area (Å²) in [5.41, 5.74) is 1.74. The van der Waals surface area contributed by atoms with Gasteiger partial charge in [0.05, 0.1) is 4.92 Å². The minimum Gasteiger partial charge on any atom is -0.490 e. The zero-order chi connectivity index (χ0) is 13.9. The molecule has 0 radical (unpaired) electrons. The number of nitro benzene ring substituents is 1. The van der Waals surface area contributed by atoms with Crippen LogP contribution in [0.2, 0.25) is 0 Å². The van der Waals surface area contributed by atoms with Crippen LogP contribution in [0.5, 0.6) is 5.75 Å². The molecule has 2 aromatic rings. The van der Waals surface area contributed by atoms with Crippen molar-refractivity contribution in [1.29, 1.82) is 0 Å². The van der Waals surface area contributed by atoms with Gasteiger partial charge in [-0.25, -0.2) is 0 Å². The van der Waals surface area contributed by atoms with E-state index in [1.54, 1.807) is 12.3 Å². The van der Waals surface area contributed by atoms with Gasteiger partial charge in [-0.15, -0.1) is 0 Å². The molecule has 0 aliphatic carbocycles. The Morgan fingerprint density at radius 3 is 2.75 bits per heavy atom. The second-order valence-electron chi connectivity index (χ2n) is 4.49. The van der Waals surface area contributed by atoms with E-state index in [1.165, 1.54) is 12.1 Å². The Labute approximate surface area is 115 Å². The van der Waals surface area contributed by atoms with Crippen molar-refractivity contribution in [3.63, 3.8) is 0 Å². The zero-order valence-corrected chi connectivity index (χ0v) is 10.6. The average molecular weight is 268 g/mol. The van der Waals surface area contributed by atoms with Crippen LogP contribution < -0.4 is 4.74 Å². The summed E-state index contributed by atoms with van der Waals surface area (Å²) < 4.78 is 5.70. The Hall–Kier alpha value is -2.69. The fourth-order valence-corrected chi connectivity index (χ4v) is 2.12. The van der Waals surface area contributed by atoms with E-state index in [0.717, 1.165) is 5.56 Å². The van der Waals surface area contributed by atoms with E-state index in [2.05, 4.69) is 4.99 Å². The summed E-state index contributed by atoms with van der Waals surface area (Å²) in [5, 5.41) is 10.8. The number of rotatable bonds is 2. The van der Waals surface area contributed by atoms with Gasteiger partial charge in [0, 0.05) is 23.9 Å². The van der Waals surface area contributed by atoms with Crippen LogP contribution in [0.15, 0.2) is 53.5 Å². The molecule has 1 aliphatic heterocycles. The summed E-state index contributed by atoms with van der Waals surface area (Å²) >= 11 is 0. The monoisotopic (exact) mass is 268 g/mol. The smallest absolute Gasteiger partial charge is 0.270 e. The highest BCUT2D eigenvalue weighted by Gasteiger charge is 2.17. The second-order valence-corrected chi connectivity index (χ2v) is 4.49. The van der Waals surface area contributed by atoms with E-state index >= 15 is 0 Å². The number of ether oxygens (including phenoxy) is 1. The van der Waals surface area contributed by atoms with Gasteiger partial charge in [0.15, 0.2) is 0 Å². The van der Waals surface area contributed by atoms with Crippen molar-refractivity contribution >= 4 is 11.9 Å². The lowest BCUT2D eigenvalue weighted by molar-refractivity contribution is -0.384. The second kappa shape index (κ2) is 5.13. The molecule has 0 saturated carbocycles. The molecule has 3 rings (SSSR count). The Morgan fingerprint density at radius 2 is 2.00 bits per heavy atom. The lowest BCUT2D eigenvalue weighted by Gasteiger charge is -2.11. The minimum atomic E-state index is -0.423. The van der Waals surface area contributed by atoms with Crippen LogP contribution in [0.3, 0.4) is 0 Å². The van der Waals surface area contributed by atoms with Crippen LogP contribution in [-0.2, 0) is 0 Å². The number of non-ortho nitro benzene ring substituents is 1. The fourth-order valence-electron chi connectivity index (χ4n) is 2.12. The van der Waals surface area contributed by atoms with E-state index in [-0.39, 0.29) is 11.7 Å². The first-order chi connectivity index (χ1) is 9.74. The SMILES string of the molecule is O=[N+]([O-])c1ccc2c(c1)C=N[C@@H](c1ccccc1)CO2. The van der Waals surface area contributed by atoms with Gasteiger partial charge in [-0.05, 0) is 11.6 Å². The van der Waals surface area contributed by atoms with Crippen molar-refractivity contribution in [3.05, 3.63) is 69.8 Å². The predicted octanol–water partition coefficient (Wildman–Crippen LogP) is 3.15. The van der Waals surface area contributed by atoms with E-state index in [1.807, 2.05) is 30.3 Å². The van der Waals surface area contributed by atoms with Crippen LogP contribution in [0.1, 0.15) is 17.2 Å². The van der Waals surface area contributed by atoms with Gasteiger partial charge in [0.2, 0.25) is 0 Å². The molecule has 0 aromatic heterocycles. The highest BCUT2D eigenvalue weighted by Crippen LogP contribution is 2.28. The minimum absolute atomic E-state index is 0.0389. The Morgan fingerprint density at radius 1 is 1.20 bits per heavy atom. The number of hydrogen-bond acceptors (Lipinski definition) is 4. The molecule has 0 unspecified atom stereocenters. The van der Waals surface area contributed by atoms with Crippen molar-refractivity contribution in [2.45, 2.75) is 6.04 Å². The van der Waals surface area contributed by atoms with E-state index in [4.69, 9.17) is 4.74 Å². The van der Waals surface area contributed by atoms with Crippen molar-refractivity contribution in [1.82, 2.24) is 0 Å². The molecule has 0 N–H and O–H groups in total. The van der Waals surface area contributed by atoms with Gasteiger partial charge in [0.25, 0.3) is 5.69 Å². The number of aliphatic imine (C=N–C) groups is 1. The third-order valence-corrected chi connectivity index (χ3v) is 3.18. The lowest BCUT2D eigenvalue weighted by atomic mass is 10.1. The summed E-state index contributed by atoms with van der Waals surface area (Å²) in [5.74, 6) is 0.623. The molecule has 1 aliphatic rings. The number of benzene rings is 2. The highest BCUT2D eigenvalue weighted by molar-refractivity contribution is 5.85. The zero-order valence-electron chi connectivity index (χ0n) is 10.6. The maximum atomic E-state index is 10.8. The van der Waals surface area contributed by atoms with Crippen molar-refractivity contribution in [2.75, 3.05) is 6.61 Å². The van der Waals surface area contributed by atoms with Crippen molar-refractivity contribution < 1.29 is 9.66 Å². The molecular formula is C15H12N2O3. The summed E-state index contributed by atoms with van der Waals surface area (Å²) in [6.45, 7) is 0.422. The summed E-state index contributed by atoms with van der Waals surface area (Å²) in [7, 11) is 0. The lowest BCUT2D eigenvalue weighted by Crippen LogP contribution is -2.06. The Kier molecular flexibility index (Phi) is 3.16.